The molecule has 0 unspecified atom stereocenters. The first-order valence-corrected chi connectivity index (χ1v) is 6.00. The molecule has 0 fully saturated rings. The second-order valence-electron chi connectivity index (χ2n) is 4.01. The van der Waals surface area contributed by atoms with Gasteiger partial charge in [-0.25, -0.2) is 13.6 Å². The number of rotatable bonds is 4. The fourth-order valence-corrected chi connectivity index (χ4v) is 1.51. The number of methoxy groups -OCH3 is 1. The Hall–Kier alpha value is -1.89. The van der Waals surface area contributed by atoms with Gasteiger partial charge in [0, 0.05) is 12.6 Å². The van der Waals surface area contributed by atoms with E-state index < -0.39 is 29.6 Å². The Morgan fingerprint density at radius 3 is 2.55 bits per heavy atom. The molecule has 0 aliphatic carbocycles. The largest absolute Gasteiger partial charge is 0.469 e. The van der Waals surface area contributed by atoms with Gasteiger partial charge in [0.25, 0.3) is 0 Å². The SMILES string of the molecule is COC(=O)[C@@H](C)CNC(=O)Nc1cc(F)c(F)cc1Cl. The second kappa shape index (κ2) is 7.04. The fraction of sp³-hybridized carbons (Fsp3) is 0.333. The van der Waals surface area contributed by atoms with Crippen molar-refractivity contribution in [2.45, 2.75) is 6.92 Å². The van der Waals surface area contributed by atoms with Crippen molar-refractivity contribution in [1.82, 2.24) is 5.32 Å². The van der Waals surface area contributed by atoms with Crippen LogP contribution in [0.2, 0.25) is 5.02 Å². The molecule has 2 N–H and O–H groups in total. The zero-order valence-corrected chi connectivity index (χ0v) is 11.6. The fourth-order valence-electron chi connectivity index (χ4n) is 1.32. The smallest absolute Gasteiger partial charge is 0.319 e. The summed E-state index contributed by atoms with van der Waals surface area (Å²) in [4.78, 5) is 22.6. The predicted octanol–water partition coefficient (Wildman–Crippen LogP) is 2.55. The van der Waals surface area contributed by atoms with Crippen LogP contribution < -0.4 is 10.6 Å². The highest BCUT2D eigenvalue weighted by molar-refractivity contribution is 6.33. The average molecular weight is 307 g/mol. The maximum Gasteiger partial charge on any atom is 0.319 e. The van der Waals surface area contributed by atoms with E-state index in [1.807, 2.05) is 0 Å². The standard InChI is InChI=1S/C12H13ClF2N2O3/c1-6(11(18)20-2)5-16-12(19)17-10-4-9(15)8(14)3-7(10)13/h3-4,6H,5H2,1-2H3,(H2,16,17,19)/t6-/m0/s1. The number of anilines is 1. The highest BCUT2D eigenvalue weighted by Crippen LogP contribution is 2.24. The van der Waals surface area contributed by atoms with Crippen molar-refractivity contribution in [3.63, 3.8) is 0 Å². The van der Waals surface area contributed by atoms with E-state index in [4.69, 9.17) is 11.6 Å². The summed E-state index contributed by atoms with van der Waals surface area (Å²) in [6.07, 6.45) is 0. The van der Waals surface area contributed by atoms with E-state index in [1.165, 1.54) is 7.11 Å². The highest BCUT2D eigenvalue weighted by atomic mass is 35.5. The van der Waals surface area contributed by atoms with Gasteiger partial charge in [0.05, 0.1) is 23.7 Å². The van der Waals surface area contributed by atoms with Crippen LogP contribution in [0.15, 0.2) is 12.1 Å². The van der Waals surface area contributed by atoms with Gasteiger partial charge in [-0.2, -0.15) is 0 Å². The first-order valence-electron chi connectivity index (χ1n) is 5.62. The summed E-state index contributed by atoms with van der Waals surface area (Å²) >= 11 is 5.66. The van der Waals surface area contributed by atoms with Crippen molar-refractivity contribution in [2.75, 3.05) is 19.0 Å². The normalized spacial score (nSPS) is 11.7. The minimum absolute atomic E-state index is 0.0276. The Kier molecular flexibility index (Phi) is 5.69. The predicted molar refractivity (Wildman–Crippen MR) is 69.6 cm³/mol. The van der Waals surface area contributed by atoms with Crippen LogP contribution >= 0.6 is 11.6 Å². The number of carbonyl (C=O) groups excluding carboxylic acids is 2. The van der Waals surface area contributed by atoms with Crippen LogP contribution in [0.3, 0.4) is 0 Å². The number of halogens is 3. The molecule has 110 valence electrons. The summed E-state index contributed by atoms with van der Waals surface area (Å²) in [5, 5.41) is 4.49. The lowest BCUT2D eigenvalue weighted by Crippen LogP contribution is -2.35. The number of amides is 2. The Morgan fingerprint density at radius 2 is 1.95 bits per heavy atom. The Labute approximate surface area is 119 Å². The molecule has 8 heteroatoms. The highest BCUT2D eigenvalue weighted by Gasteiger charge is 2.15. The Morgan fingerprint density at radius 1 is 1.35 bits per heavy atom. The van der Waals surface area contributed by atoms with Crippen LogP contribution in [0.1, 0.15) is 6.92 Å². The number of carbonyl (C=O) groups is 2. The van der Waals surface area contributed by atoms with Gasteiger partial charge in [-0.05, 0) is 6.07 Å². The lowest BCUT2D eigenvalue weighted by atomic mass is 10.2. The molecule has 2 amide bonds. The van der Waals surface area contributed by atoms with Gasteiger partial charge in [-0.3, -0.25) is 4.79 Å². The number of hydrogen-bond acceptors (Lipinski definition) is 3. The second-order valence-corrected chi connectivity index (χ2v) is 4.41. The molecule has 0 heterocycles. The van der Waals surface area contributed by atoms with Crippen LogP contribution in [0.25, 0.3) is 0 Å². The van der Waals surface area contributed by atoms with Gasteiger partial charge in [0.15, 0.2) is 11.6 Å². The van der Waals surface area contributed by atoms with E-state index in [0.717, 1.165) is 12.1 Å². The van der Waals surface area contributed by atoms with Gasteiger partial charge in [0.1, 0.15) is 0 Å². The summed E-state index contributed by atoms with van der Waals surface area (Å²) in [6.45, 7) is 1.59. The molecule has 5 nitrogen and oxygen atoms in total. The minimum atomic E-state index is -1.13. The number of ether oxygens (including phenoxy) is 1. The van der Waals surface area contributed by atoms with Gasteiger partial charge < -0.3 is 15.4 Å². The molecular weight excluding hydrogens is 294 g/mol. The van der Waals surface area contributed by atoms with Gasteiger partial charge in [-0.15, -0.1) is 0 Å². The molecule has 0 saturated carbocycles. The zero-order chi connectivity index (χ0) is 15.3. The number of esters is 1. The van der Waals surface area contributed by atoms with E-state index in [9.17, 15) is 18.4 Å². The van der Waals surface area contributed by atoms with Crippen molar-refractivity contribution in [3.8, 4) is 0 Å². The maximum absolute atomic E-state index is 13.0. The van der Waals surface area contributed by atoms with Crippen LogP contribution in [-0.4, -0.2) is 25.7 Å². The van der Waals surface area contributed by atoms with Gasteiger partial charge in [-0.1, -0.05) is 18.5 Å². The molecule has 0 aliphatic rings. The molecule has 1 aromatic carbocycles. The van der Waals surface area contributed by atoms with Crippen LogP contribution in [0, 0.1) is 17.6 Å². The number of nitrogens with one attached hydrogen (secondary N) is 2. The molecule has 0 radical (unpaired) electrons. The topological polar surface area (TPSA) is 67.4 Å². The third-order valence-corrected chi connectivity index (χ3v) is 2.74. The lowest BCUT2D eigenvalue weighted by molar-refractivity contribution is -0.144. The number of hydrogen-bond donors (Lipinski definition) is 2. The molecule has 20 heavy (non-hydrogen) atoms. The zero-order valence-electron chi connectivity index (χ0n) is 10.8. The van der Waals surface area contributed by atoms with Crippen LogP contribution in [-0.2, 0) is 9.53 Å². The van der Waals surface area contributed by atoms with Crippen molar-refractivity contribution in [2.24, 2.45) is 5.92 Å². The number of urea groups is 1. The molecule has 1 atom stereocenters. The molecule has 0 aliphatic heterocycles. The Bertz CT molecular complexity index is 526. The third kappa shape index (κ3) is 4.34. The van der Waals surface area contributed by atoms with Crippen LogP contribution in [0.5, 0.6) is 0 Å². The third-order valence-electron chi connectivity index (χ3n) is 2.43. The van der Waals surface area contributed by atoms with Gasteiger partial charge >= 0.3 is 12.0 Å². The van der Waals surface area contributed by atoms with Crippen molar-refractivity contribution < 1.29 is 23.1 Å². The molecule has 0 spiro atoms. The minimum Gasteiger partial charge on any atom is -0.469 e. The maximum atomic E-state index is 13.0. The van der Waals surface area contributed by atoms with Crippen molar-refractivity contribution >= 4 is 29.3 Å². The van der Waals surface area contributed by atoms with Crippen LogP contribution in [0.4, 0.5) is 19.3 Å². The van der Waals surface area contributed by atoms with E-state index in [1.54, 1.807) is 6.92 Å². The van der Waals surface area contributed by atoms with Crippen molar-refractivity contribution in [3.05, 3.63) is 28.8 Å². The number of benzene rings is 1. The summed E-state index contributed by atoms with van der Waals surface area (Å²) in [5.74, 6) is -3.25. The summed E-state index contributed by atoms with van der Waals surface area (Å²) < 4.78 is 30.3. The van der Waals surface area contributed by atoms with E-state index in [2.05, 4.69) is 15.4 Å². The van der Waals surface area contributed by atoms with E-state index in [0.29, 0.717) is 0 Å². The summed E-state index contributed by atoms with van der Waals surface area (Å²) in [5.41, 5.74) is -0.0752. The van der Waals surface area contributed by atoms with E-state index >= 15 is 0 Å². The van der Waals surface area contributed by atoms with E-state index in [-0.39, 0.29) is 17.3 Å². The van der Waals surface area contributed by atoms with Crippen molar-refractivity contribution in [1.29, 1.82) is 0 Å². The average Bonchev–Trinajstić information content (AvgIpc) is 2.41. The quantitative estimate of drug-likeness (QED) is 0.663. The summed E-state index contributed by atoms with van der Waals surface area (Å²) in [6, 6.07) is 0.818. The molecule has 1 rings (SSSR count). The first-order chi connectivity index (χ1) is 9.35. The first kappa shape index (κ1) is 16.2. The molecule has 0 saturated heterocycles. The molecular formula is C12H13ClF2N2O3. The molecule has 1 aromatic rings. The molecule has 0 bridgehead atoms. The Balaban J connectivity index is 2.59. The monoisotopic (exact) mass is 306 g/mol. The molecule has 0 aromatic heterocycles. The summed E-state index contributed by atoms with van der Waals surface area (Å²) in [7, 11) is 1.24. The lowest BCUT2D eigenvalue weighted by Gasteiger charge is -2.12. The van der Waals surface area contributed by atoms with Gasteiger partial charge in [0.2, 0.25) is 0 Å².